The Kier molecular flexibility index (Phi) is 7.58. The van der Waals surface area contributed by atoms with E-state index in [0.29, 0.717) is 31.7 Å². The molecule has 3 unspecified atom stereocenters. The highest BCUT2D eigenvalue weighted by atomic mass is 32.2. The van der Waals surface area contributed by atoms with E-state index >= 15 is 0 Å². The van der Waals surface area contributed by atoms with Gasteiger partial charge in [-0.2, -0.15) is 0 Å². The second-order valence-corrected chi connectivity index (χ2v) is 13.8. The Morgan fingerprint density at radius 3 is 2.60 bits per heavy atom. The molecule has 0 heterocycles. The van der Waals surface area contributed by atoms with Crippen LogP contribution in [0.3, 0.4) is 0 Å². The highest BCUT2D eigenvalue weighted by Crippen LogP contribution is 2.68. The van der Waals surface area contributed by atoms with Gasteiger partial charge >= 0.3 is 5.97 Å². The summed E-state index contributed by atoms with van der Waals surface area (Å²) in [7, 11) is 0. The lowest BCUT2D eigenvalue weighted by atomic mass is 9.44. The summed E-state index contributed by atoms with van der Waals surface area (Å²) in [6.45, 7) is 13.1. The third-order valence-corrected chi connectivity index (χ3v) is 12.2. The first kappa shape index (κ1) is 27.2. The lowest BCUT2D eigenvalue weighted by molar-refractivity contribution is -0.205. The fourth-order valence-corrected chi connectivity index (χ4v) is 9.48. The van der Waals surface area contributed by atoms with Gasteiger partial charge in [-0.05, 0) is 68.2 Å². The monoisotopic (exact) mass is 507 g/mol. The Morgan fingerprint density at radius 1 is 1.26 bits per heavy atom. The molecule has 0 aromatic heterocycles. The van der Waals surface area contributed by atoms with E-state index in [1.807, 2.05) is 13.0 Å². The van der Waals surface area contributed by atoms with Crippen molar-refractivity contribution in [1.82, 2.24) is 0 Å². The Hall–Kier alpha value is -0.890. The lowest BCUT2D eigenvalue weighted by Crippen LogP contribution is -2.63. The third kappa shape index (κ3) is 4.32. The molecule has 4 aliphatic rings. The number of aliphatic hydroxyl groups is 2. The number of thioether (sulfide) groups is 1. The smallest absolute Gasteiger partial charge is 0.316 e. The molecule has 0 radical (unpaired) electrons. The van der Waals surface area contributed by atoms with E-state index in [4.69, 9.17) is 10.5 Å². The number of Topliss-reactive ketones (excluding diaryl/α,β-unsaturated/α-hetero) is 1. The van der Waals surface area contributed by atoms with Gasteiger partial charge in [0.05, 0.1) is 18.0 Å². The minimum atomic E-state index is -0.663. The van der Waals surface area contributed by atoms with Crippen LogP contribution in [0.25, 0.3) is 0 Å². The summed E-state index contributed by atoms with van der Waals surface area (Å²) in [6.07, 6.45) is 5.36. The van der Waals surface area contributed by atoms with Gasteiger partial charge in [0.2, 0.25) is 0 Å². The van der Waals surface area contributed by atoms with Crippen molar-refractivity contribution in [3.63, 3.8) is 0 Å². The molecule has 0 aromatic rings. The number of hydrogen-bond donors (Lipinski definition) is 3. The van der Waals surface area contributed by atoms with E-state index in [9.17, 15) is 19.8 Å². The van der Waals surface area contributed by atoms with E-state index < -0.39 is 29.1 Å². The van der Waals surface area contributed by atoms with Gasteiger partial charge in [0.25, 0.3) is 0 Å². The van der Waals surface area contributed by atoms with Gasteiger partial charge in [0.15, 0.2) is 0 Å². The molecule has 6 nitrogen and oxygen atoms in total. The largest absolute Gasteiger partial charge is 0.461 e. The first-order chi connectivity index (χ1) is 16.4. The van der Waals surface area contributed by atoms with Gasteiger partial charge < -0.3 is 20.7 Å². The zero-order valence-electron chi connectivity index (χ0n) is 21.9. The van der Waals surface area contributed by atoms with E-state index in [0.717, 1.165) is 25.7 Å². The van der Waals surface area contributed by atoms with Crippen LogP contribution >= 0.6 is 11.8 Å². The second-order valence-electron chi connectivity index (χ2n) is 12.6. The van der Waals surface area contributed by atoms with Crippen molar-refractivity contribution in [3.8, 4) is 0 Å². The average Bonchev–Trinajstić information content (AvgIpc) is 3.38. The molecule has 4 N–H and O–H groups in total. The van der Waals surface area contributed by atoms with Gasteiger partial charge in [-0.25, -0.2) is 0 Å². The minimum absolute atomic E-state index is 0.0113. The average molecular weight is 508 g/mol. The topological polar surface area (TPSA) is 110 Å². The molecule has 11 atom stereocenters. The Labute approximate surface area is 214 Å². The Balaban J connectivity index is 1.62. The molecule has 7 heteroatoms. The molecule has 2 bridgehead atoms. The first-order valence-electron chi connectivity index (χ1n) is 13.5. The molecule has 198 valence electrons. The van der Waals surface area contributed by atoms with Crippen molar-refractivity contribution in [2.24, 2.45) is 45.7 Å². The van der Waals surface area contributed by atoms with E-state index in [1.165, 1.54) is 11.8 Å². The molecule has 4 aliphatic carbocycles. The lowest BCUT2D eigenvalue weighted by Gasteiger charge is -2.61. The van der Waals surface area contributed by atoms with E-state index in [1.54, 1.807) is 0 Å². The molecule has 4 saturated carbocycles. The van der Waals surface area contributed by atoms with Gasteiger partial charge in [0, 0.05) is 28.4 Å². The van der Waals surface area contributed by atoms with Crippen molar-refractivity contribution in [2.45, 2.75) is 96.2 Å². The quantitative estimate of drug-likeness (QED) is 0.371. The molecule has 0 aliphatic heterocycles. The van der Waals surface area contributed by atoms with Crippen LogP contribution in [0.15, 0.2) is 12.7 Å². The van der Waals surface area contributed by atoms with Gasteiger partial charge in [0.1, 0.15) is 11.9 Å². The molecule has 4 rings (SSSR count). The summed E-state index contributed by atoms with van der Waals surface area (Å²) in [5.74, 6) is 0.361. The molecule has 0 spiro atoms. The zero-order chi connectivity index (χ0) is 25.8. The van der Waals surface area contributed by atoms with Crippen LogP contribution in [0, 0.1) is 39.9 Å². The molecule has 0 amide bonds. The summed E-state index contributed by atoms with van der Waals surface area (Å²) in [5, 5.41) is 22.0. The van der Waals surface area contributed by atoms with Gasteiger partial charge in [-0.15, -0.1) is 18.3 Å². The fraction of sp³-hybridized carbons (Fsp3) is 0.857. The number of ether oxygens (including phenoxy) is 1. The number of esters is 1. The van der Waals surface area contributed by atoms with Crippen LogP contribution in [0.2, 0.25) is 0 Å². The summed E-state index contributed by atoms with van der Waals surface area (Å²) < 4.78 is 6.29. The van der Waals surface area contributed by atoms with E-state index in [-0.39, 0.29) is 45.9 Å². The van der Waals surface area contributed by atoms with Crippen molar-refractivity contribution in [2.75, 3.05) is 12.3 Å². The Morgan fingerprint density at radius 2 is 1.97 bits per heavy atom. The molecular weight excluding hydrogens is 462 g/mol. The van der Waals surface area contributed by atoms with Crippen LogP contribution < -0.4 is 5.73 Å². The number of carbonyl (C=O) groups excluding carboxylic acids is 2. The van der Waals surface area contributed by atoms with Gasteiger partial charge in [-0.1, -0.05) is 33.8 Å². The summed E-state index contributed by atoms with van der Waals surface area (Å²) in [4.78, 5) is 26.7. The van der Waals surface area contributed by atoms with Crippen LogP contribution in [-0.2, 0) is 14.3 Å². The number of hydrogen-bond acceptors (Lipinski definition) is 7. The number of aliphatic hydroxyl groups excluding tert-OH is 2. The Bertz CT molecular complexity index is 851. The highest BCUT2D eigenvalue weighted by Gasteiger charge is 2.68. The fourth-order valence-electron chi connectivity index (χ4n) is 8.32. The molecule has 35 heavy (non-hydrogen) atoms. The molecule has 0 aromatic carbocycles. The summed E-state index contributed by atoms with van der Waals surface area (Å²) >= 11 is 1.45. The zero-order valence-corrected chi connectivity index (χ0v) is 22.7. The van der Waals surface area contributed by atoms with Gasteiger partial charge in [-0.3, -0.25) is 9.59 Å². The van der Waals surface area contributed by atoms with Crippen molar-refractivity contribution < 1.29 is 24.5 Å². The SMILES string of the molecule is C=C[C@]1(C)C[C@@H](OC(=O)CS[C@@H]2C[C@@H](CN)C[C@H]2O)[C@]2(C)C(C)CCC3(CCC(=O)[C@H]32)[C@@H](C)C1O. The van der Waals surface area contributed by atoms with Crippen LogP contribution in [0.5, 0.6) is 0 Å². The van der Waals surface area contributed by atoms with E-state index in [2.05, 4.69) is 27.4 Å². The maximum absolute atomic E-state index is 13.5. The summed E-state index contributed by atoms with van der Waals surface area (Å²) in [6, 6.07) is 0. The molecule has 0 saturated heterocycles. The number of carbonyl (C=O) groups is 2. The number of nitrogens with two attached hydrogens (primary N) is 1. The van der Waals surface area contributed by atoms with Crippen molar-refractivity contribution >= 4 is 23.5 Å². The van der Waals surface area contributed by atoms with Crippen LogP contribution in [0.1, 0.15) is 72.6 Å². The van der Waals surface area contributed by atoms with Crippen molar-refractivity contribution in [1.29, 1.82) is 0 Å². The number of rotatable bonds is 6. The predicted octanol–water partition coefficient (Wildman–Crippen LogP) is 3.72. The molecular formula is C28H45NO5S. The predicted molar refractivity (Wildman–Crippen MR) is 139 cm³/mol. The van der Waals surface area contributed by atoms with Crippen LogP contribution in [0.4, 0.5) is 0 Å². The third-order valence-electron chi connectivity index (χ3n) is 10.9. The summed E-state index contributed by atoms with van der Waals surface area (Å²) in [5.41, 5.74) is 4.39. The normalized spacial score (nSPS) is 49.7. The first-order valence-corrected chi connectivity index (χ1v) is 14.5. The highest BCUT2D eigenvalue weighted by molar-refractivity contribution is 8.00. The second kappa shape index (κ2) is 9.77. The van der Waals surface area contributed by atoms with Crippen LogP contribution in [-0.4, -0.2) is 57.8 Å². The minimum Gasteiger partial charge on any atom is -0.461 e. The maximum Gasteiger partial charge on any atom is 0.316 e. The standard InChI is InChI=1S/C28H45NO5S/c1-6-26(4)13-22(34-23(32)15-35-21-12-18(14-29)11-20(21)31)27(5)16(2)7-9-28(17(3)25(26)33)10-8-19(30)24(27)28/h6,16-18,20-22,24-25,31,33H,1,7-15,29H2,2-5H3/t16?,17-,18-,20+,21+,22+,24-,25?,26+,27-,28?/m0/s1. The maximum atomic E-state index is 13.5. The van der Waals surface area contributed by atoms with Crippen molar-refractivity contribution in [3.05, 3.63) is 12.7 Å². The number of ketones is 1. The molecule has 4 fully saturated rings.